The van der Waals surface area contributed by atoms with Gasteiger partial charge in [-0.2, -0.15) is 0 Å². The summed E-state index contributed by atoms with van der Waals surface area (Å²) in [6.07, 6.45) is 2.42. The van der Waals surface area contributed by atoms with Gasteiger partial charge in [0.15, 0.2) is 0 Å². The van der Waals surface area contributed by atoms with Gasteiger partial charge in [-0.25, -0.2) is 0 Å². The monoisotopic (exact) mass is 273 g/mol. The number of hydrogen-bond acceptors (Lipinski definition) is 2. The molecule has 1 aromatic carbocycles. The van der Waals surface area contributed by atoms with Crippen molar-refractivity contribution in [1.29, 1.82) is 0 Å². The van der Waals surface area contributed by atoms with Gasteiger partial charge in [0.2, 0.25) is 0 Å². The molecule has 1 spiro atoms. The quantitative estimate of drug-likeness (QED) is 0.882. The van der Waals surface area contributed by atoms with Crippen LogP contribution in [0.15, 0.2) is 24.3 Å². The van der Waals surface area contributed by atoms with Crippen molar-refractivity contribution in [3.8, 4) is 5.75 Å². The van der Waals surface area contributed by atoms with E-state index in [0.29, 0.717) is 5.41 Å². The zero-order valence-corrected chi connectivity index (χ0v) is 13.4. The van der Waals surface area contributed by atoms with Gasteiger partial charge in [0.1, 0.15) is 11.4 Å². The van der Waals surface area contributed by atoms with Crippen LogP contribution >= 0.6 is 0 Å². The van der Waals surface area contributed by atoms with Gasteiger partial charge < -0.3 is 10.1 Å². The Hall–Kier alpha value is -1.02. The van der Waals surface area contributed by atoms with E-state index in [1.165, 1.54) is 12.0 Å². The SMILES string of the molecule is CC(C)(C)NCC1CC12CC(C)(C)Oc1ccccc12. The molecule has 2 heteroatoms. The van der Waals surface area contributed by atoms with Crippen LogP contribution in [0.25, 0.3) is 0 Å². The topological polar surface area (TPSA) is 21.3 Å². The Kier molecular flexibility index (Phi) is 2.95. The molecule has 1 N–H and O–H groups in total. The third kappa shape index (κ3) is 2.46. The lowest BCUT2D eigenvalue weighted by molar-refractivity contribution is 0.0636. The highest BCUT2D eigenvalue weighted by atomic mass is 16.5. The largest absolute Gasteiger partial charge is 0.488 e. The molecular formula is C18H27NO. The molecule has 1 heterocycles. The second kappa shape index (κ2) is 4.24. The van der Waals surface area contributed by atoms with E-state index in [2.05, 4.69) is 64.2 Å². The number of rotatable bonds is 2. The summed E-state index contributed by atoms with van der Waals surface area (Å²) in [5.74, 6) is 1.84. The fourth-order valence-corrected chi connectivity index (χ4v) is 3.78. The normalized spacial score (nSPS) is 30.8. The first-order valence-electron chi connectivity index (χ1n) is 7.75. The highest BCUT2D eigenvalue weighted by Gasteiger charge is 2.60. The molecule has 110 valence electrons. The fraction of sp³-hybridized carbons (Fsp3) is 0.667. The van der Waals surface area contributed by atoms with Crippen LogP contribution in [0.2, 0.25) is 0 Å². The minimum absolute atomic E-state index is 0.0508. The molecule has 1 aromatic rings. The lowest BCUT2D eigenvalue weighted by Gasteiger charge is -2.39. The Labute approximate surface area is 122 Å². The van der Waals surface area contributed by atoms with Crippen molar-refractivity contribution >= 4 is 0 Å². The van der Waals surface area contributed by atoms with Crippen LogP contribution in [0.3, 0.4) is 0 Å². The predicted octanol–water partition coefficient (Wildman–Crippen LogP) is 3.89. The second-order valence-corrected chi connectivity index (χ2v) is 8.22. The van der Waals surface area contributed by atoms with E-state index in [9.17, 15) is 0 Å². The maximum atomic E-state index is 6.17. The van der Waals surface area contributed by atoms with Gasteiger partial charge in [-0.1, -0.05) is 18.2 Å². The number of nitrogens with one attached hydrogen (secondary N) is 1. The van der Waals surface area contributed by atoms with Crippen molar-refractivity contribution in [2.45, 2.75) is 64.0 Å². The summed E-state index contributed by atoms with van der Waals surface area (Å²) in [5, 5.41) is 3.67. The van der Waals surface area contributed by atoms with Crippen molar-refractivity contribution in [2.24, 2.45) is 5.92 Å². The average molecular weight is 273 g/mol. The van der Waals surface area contributed by atoms with Gasteiger partial charge in [-0.15, -0.1) is 0 Å². The molecule has 1 fully saturated rings. The third-order valence-corrected chi connectivity index (χ3v) is 4.66. The first-order valence-corrected chi connectivity index (χ1v) is 7.75. The molecule has 3 rings (SSSR count). The summed E-state index contributed by atoms with van der Waals surface area (Å²) in [6.45, 7) is 12.3. The Morgan fingerprint density at radius 1 is 1.25 bits per heavy atom. The minimum Gasteiger partial charge on any atom is -0.488 e. The molecule has 0 aromatic heterocycles. The summed E-state index contributed by atoms with van der Waals surface area (Å²) in [4.78, 5) is 0. The molecule has 0 bridgehead atoms. The number of ether oxygens (including phenoxy) is 1. The van der Waals surface area contributed by atoms with Crippen molar-refractivity contribution in [1.82, 2.24) is 5.32 Å². The van der Waals surface area contributed by atoms with Gasteiger partial charge in [-0.05, 0) is 66.0 Å². The highest BCUT2D eigenvalue weighted by Crippen LogP contribution is 2.63. The van der Waals surface area contributed by atoms with E-state index < -0.39 is 0 Å². The van der Waals surface area contributed by atoms with Crippen LogP contribution < -0.4 is 10.1 Å². The molecular weight excluding hydrogens is 246 g/mol. The van der Waals surface area contributed by atoms with Gasteiger partial charge in [0.25, 0.3) is 0 Å². The van der Waals surface area contributed by atoms with E-state index in [1.54, 1.807) is 0 Å². The van der Waals surface area contributed by atoms with E-state index in [1.807, 2.05) is 0 Å². The molecule has 1 aliphatic heterocycles. The number of fused-ring (bicyclic) bond motifs is 2. The Balaban J connectivity index is 1.84. The van der Waals surface area contributed by atoms with Crippen LogP contribution in [0.1, 0.15) is 53.0 Å². The molecule has 0 radical (unpaired) electrons. The molecule has 2 atom stereocenters. The van der Waals surface area contributed by atoms with E-state index in [4.69, 9.17) is 4.74 Å². The third-order valence-electron chi connectivity index (χ3n) is 4.66. The van der Waals surface area contributed by atoms with Crippen LogP contribution in [0.5, 0.6) is 5.75 Å². The second-order valence-electron chi connectivity index (χ2n) is 8.22. The first-order chi connectivity index (χ1) is 9.22. The van der Waals surface area contributed by atoms with Crippen LogP contribution in [0, 0.1) is 5.92 Å². The zero-order valence-electron chi connectivity index (χ0n) is 13.4. The van der Waals surface area contributed by atoms with Crippen LogP contribution in [-0.2, 0) is 5.41 Å². The van der Waals surface area contributed by atoms with E-state index in [0.717, 1.165) is 24.6 Å². The molecule has 2 unspecified atom stereocenters. The van der Waals surface area contributed by atoms with Gasteiger partial charge in [0, 0.05) is 16.5 Å². The van der Waals surface area contributed by atoms with Crippen molar-refractivity contribution in [3.05, 3.63) is 29.8 Å². The summed E-state index contributed by atoms with van der Waals surface area (Å²) in [7, 11) is 0. The summed E-state index contributed by atoms with van der Waals surface area (Å²) < 4.78 is 6.17. The maximum absolute atomic E-state index is 6.17. The molecule has 20 heavy (non-hydrogen) atoms. The minimum atomic E-state index is -0.0508. The number of benzene rings is 1. The van der Waals surface area contributed by atoms with Crippen LogP contribution in [-0.4, -0.2) is 17.7 Å². The summed E-state index contributed by atoms with van der Waals surface area (Å²) in [6, 6.07) is 8.62. The van der Waals surface area contributed by atoms with Gasteiger partial charge >= 0.3 is 0 Å². The summed E-state index contributed by atoms with van der Waals surface area (Å²) in [5.41, 5.74) is 1.92. The molecule has 2 aliphatic rings. The highest BCUT2D eigenvalue weighted by molar-refractivity contribution is 5.47. The van der Waals surface area contributed by atoms with Gasteiger partial charge in [-0.3, -0.25) is 0 Å². The van der Waals surface area contributed by atoms with Gasteiger partial charge in [0.05, 0.1) is 0 Å². The smallest absolute Gasteiger partial charge is 0.123 e. The number of para-hydroxylation sites is 1. The first kappa shape index (κ1) is 13.9. The molecule has 0 saturated heterocycles. The van der Waals surface area contributed by atoms with Crippen molar-refractivity contribution < 1.29 is 4.74 Å². The van der Waals surface area contributed by atoms with E-state index >= 15 is 0 Å². The lowest BCUT2D eigenvalue weighted by Crippen LogP contribution is -2.41. The Bertz CT molecular complexity index is 514. The maximum Gasteiger partial charge on any atom is 0.123 e. The van der Waals surface area contributed by atoms with Crippen molar-refractivity contribution in [2.75, 3.05) is 6.54 Å². The molecule has 0 amide bonds. The van der Waals surface area contributed by atoms with Crippen molar-refractivity contribution in [3.63, 3.8) is 0 Å². The fourth-order valence-electron chi connectivity index (χ4n) is 3.78. The average Bonchev–Trinajstić information content (AvgIpc) is 2.98. The zero-order chi connectivity index (χ0) is 14.6. The van der Waals surface area contributed by atoms with E-state index in [-0.39, 0.29) is 11.1 Å². The summed E-state index contributed by atoms with van der Waals surface area (Å²) >= 11 is 0. The molecule has 2 nitrogen and oxygen atoms in total. The molecule has 1 saturated carbocycles. The Morgan fingerprint density at radius 2 is 1.95 bits per heavy atom. The lowest BCUT2D eigenvalue weighted by atomic mass is 9.80. The van der Waals surface area contributed by atoms with Crippen LogP contribution in [0.4, 0.5) is 0 Å². The molecule has 1 aliphatic carbocycles. The number of hydrogen-bond donors (Lipinski definition) is 1. The predicted molar refractivity (Wildman–Crippen MR) is 83.3 cm³/mol. The standard InChI is InChI=1S/C18H27NO/c1-16(2,3)19-11-13-10-18(13)12-17(4,5)20-15-9-7-6-8-14(15)18/h6-9,13,19H,10-12H2,1-5H3. The Morgan fingerprint density at radius 3 is 2.65 bits per heavy atom.